The number of aromatic nitrogens is 3. The van der Waals surface area contributed by atoms with Gasteiger partial charge in [0.05, 0.1) is 18.2 Å². The van der Waals surface area contributed by atoms with Gasteiger partial charge in [0.2, 0.25) is 24.1 Å². The van der Waals surface area contributed by atoms with Crippen molar-refractivity contribution in [3.05, 3.63) is 142 Å². The van der Waals surface area contributed by atoms with Gasteiger partial charge in [-0.3, -0.25) is 14.5 Å². The molecule has 3 aromatic carbocycles. The smallest absolute Gasteiger partial charge is 0.238 e. The third-order valence-electron chi connectivity index (χ3n) is 13.9. The largest absolute Gasteiger partial charge is 0.428 e. The van der Waals surface area contributed by atoms with Gasteiger partial charge in [0.1, 0.15) is 5.41 Å². The highest BCUT2D eigenvalue weighted by Crippen LogP contribution is 2.70. The molecule has 9 rings (SSSR count). The number of aliphatic hydroxyl groups is 1. The molecule has 4 heterocycles. The molecule has 2 saturated carbocycles. The lowest BCUT2D eigenvalue weighted by Crippen LogP contribution is -2.64. The highest BCUT2D eigenvalue weighted by Gasteiger charge is 2.77. The van der Waals surface area contributed by atoms with Crippen LogP contribution < -0.4 is 10.6 Å². The number of hydrogen-bond donors (Lipinski definition) is 3. The first-order valence-electron chi connectivity index (χ1n) is 20.5. The van der Waals surface area contributed by atoms with Gasteiger partial charge < -0.3 is 20.2 Å². The molecule has 5 atom stereocenters. The summed E-state index contributed by atoms with van der Waals surface area (Å²) in [5.74, 6) is -1.98. The molecule has 2 amide bonds. The van der Waals surface area contributed by atoms with E-state index < -0.39 is 40.9 Å². The number of carbonyl (C=O) groups excluding carboxylic acids is 2. The Labute approximate surface area is 352 Å². The molecule has 0 bridgehead atoms. The van der Waals surface area contributed by atoms with Gasteiger partial charge in [-0.2, -0.15) is 0 Å². The second kappa shape index (κ2) is 15.4. The number of likely N-dealkylation sites (tertiary alicyclic amines) is 1. The second-order valence-electron chi connectivity index (χ2n) is 17.5. The lowest BCUT2D eigenvalue weighted by Gasteiger charge is -2.56. The molecule has 2 spiro atoms. The number of rotatable bonds is 8. The quantitative estimate of drug-likeness (QED) is 0.132. The van der Waals surface area contributed by atoms with Crippen molar-refractivity contribution < 1.29 is 23.5 Å². The fourth-order valence-corrected chi connectivity index (χ4v) is 11.5. The van der Waals surface area contributed by atoms with E-state index in [1.807, 2.05) is 66.7 Å². The molecule has 2 aliphatic carbocycles. The van der Waals surface area contributed by atoms with Crippen molar-refractivity contribution in [2.45, 2.75) is 112 Å². The summed E-state index contributed by atoms with van der Waals surface area (Å²) in [6.45, 7) is 4.44. The van der Waals surface area contributed by atoms with Crippen molar-refractivity contribution in [2.24, 2.45) is 5.41 Å². The normalized spacial score (nSPS) is 27.0. The van der Waals surface area contributed by atoms with Crippen LogP contribution in [0.3, 0.4) is 0 Å². The molecule has 59 heavy (non-hydrogen) atoms. The van der Waals surface area contributed by atoms with E-state index in [2.05, 4.69) is 44.6 Å². The summed E-state index contributed by atoms with van der Waals surface area (Å²) < 4.78 is 22.7. The first-order valence-corrected chi connectivity index (χ1v) is 21.2. The fourth-order valence-electron chi connectivity index (χ4n) is 11.1. The van der Waals surface area contributed by atoms with E-state index in [9.17, 15) is 5.11 Å². The summed E-state index contributed by atoms with van der Waals surface area (Å²) in [4.78, 5) is 37.8. The van der Waals surface area contributed by atoms with Gasteiger partial charge in [0.15, 0.2) is 11.0 Å². The molecule has 4 aliphatic rings. The lowest BCUT2D eigenvalue weighted by atomic mass is 9.53. The summed E-state index contributed by atoms with van der Waals surface area (Å²) in [5.41, 5.74) is -0.162. The number of nitrogens with zero attached hydrogens (tertiary/aromatic N) is 4. The van der Waals surface area contributed by atoms with Gasteiger partial charge in [-0.1, -0.05) is 104 Å². The van der Waals surface area contributed by atoms with Crippen LogP contribution in [0.1, 0.15) is 117 Å². The lowest BCUT2D eigenvalue weighted by molar-refractivity contribution is -0.137. The Morgan fingerprint density at radius 3 is 2.29 bits per heavy atom. The van der Waals surface area contributed by atoms with Crippen LogP contribution in [-0.4, -0.2) is 54.6 Å². The second-order valence-corrected chi connectivity index (χ2v) is 18.3. The van der Waals surface area contributed by atoms with E-state index in [0.29, 0.717) is 66.3 Å². The molecule has 1 saturated heterocycles. The monoisotopic (exact) mass is 836 g/mol. The minimum Gasteiger partial charge on any atom is -0.428 e. The summed E-state index contributed by atoms with van der Waals surface area (Å²) in [5, 5.41) is 27.6. The Balaban J connectivity index is 1.31. The maximum atomic E-state index is 17.1. The highest BCUT2D eigenvalue weighted by molar-refractivity contribution is 6.31. The van der Waals surface area contributed by atoms with Crippen LogP contribution in [-0.2, 0) is 15.0 Å². The van der Waals surface area contributed by atoms with Gasteiger partial charge in [0, 0.05) is 40.3 Å². The van der Waals surface area contributed by atoms with Crippen LogP contribution in [0.2, 0.25) is 10.2 Å². The van der Waals surface area contributed by atoms with Crippen LogP contribution in [0.15, 0.2) is 102 Å². The number of nitrogens with one attached hydrogen (secondary N) is 2. The van der Waals surface area contributed by atoms with Crippen molar-refractivity contribution in [3.63, 3.8) is 0 Å². The van der Waals surface area contributed by atoms with E-state index in [4.69, 9.17) is 27.6 Å². The summed E-state index contributed by atoms with van der Waals surface area (Å²) in [6.07, 6.45) is 6.67. The minimum absolute atomic E-state index is 0.0700. The first-order chi connectivity index (χ1) is 28.4. The Hall–Kier alpha value is -4.68. The number of benzene rings is 3. The van der Waals surface area contributed by atoms with Crippen LogP contribution in [0.5, 0.6) is 0 Å². The number of anilines is 1. The van der Waals surface area contributed by atoms with Crippen molar-refractivity contribution >= 4 is 40.7 Å². The van der Waals surface area contributed by atoms with E-state index in [1.54, 1.807) is 18.2 Å². The number of amides is 2. The molecule has 13 heteroatoms. The minimum atomic E-state index is -1.56. The maximum absolute atomic E-state index is 17.1. The third kappa shape index (κ3) is 6.56. The Bertz CT molecular complexity index is 2330. The molecule has 3 fully saturated rings. The van der Waals surface area contributed by atoms with Crippen molar-refractivity contribution in [3.8, 4) is 0 Å². The topological polar surface area (TPSA) is 133 Å². The molecular formula is C46H47Cl2FN6O4. The van der Waals surface area contributed by atoms with Gasteiger partial charge in [-0.05, 0) is 97.2 Å². The molecule has 2 aromatic heterocycles. The Morgan fingerprint density at radius 1 is 0.949 bits per heavy atom. The number of aliphatic hydroxyl groups excluding tert-OH is 1. The fraction of sp³-hybridized carbons (Fsp3) is 0.413. The van der Waals surface area contributed by atoms with Gasteiger partial charge in [-0.25, -0.2) is 9.37 Å². The number of fused-ring (bicyclic) bond motifs is 3. The average molecular weight is 838 g/mol. The molecule has 3 N–H and O–H groups in total. The van der Waals surface area contributed by atoms with Crippen molar-refractivity contribution in [2.75, 3.05) is 5.32 Å². The van der Waals surface area contributed by atoms with E-state index in [1.165, 1.54) is 12.6 Å². The molecule has 10 nitrogen and oxygen atoms in total. The molecule has 306 valence electrons. The molecule has 2 aliphatic heterocycles. The predicted octanol–water partition coefficient (Wildman–Crippen LogP) is 9.22. The standard InChI is InChI=1S/C46H47Cl2FN6O4/c1-44(2)20-22-45(23-21-44)46(33-18-15-30(47)25-34(33)53-43(46)58)35(32-19-24-50-40(48)36(32)49)38(41(57)52-31-16-13-29(14-17-31)42-54-51-26-59-42)55(45)37(27-9-5-3-6-10-27)39(56)28-11-7-4-8-12-28/h3-12,15,18-19,24-26,29,31,35,37-39,56H,13-14,16-17,20-23H2,1-2H3,(H,52,57)(H,53,58)/t29-,31-,35-,37+,38+,39-,46?/m0/s1. The third-order valence-corrected chi connectivity index (χ3v) is 14.4. The summed E-state index contributed by atoms with van der Waals surface area (Å²) in [7, 11) is 0. The summed E-state index contributed by atoms with van der Waals surface area (Å²) in [6, 6.07) is 23.7. The van der Waals surface area contributed by atoms with Crippen LogP contribution in [0.25, 0.3) is 0 Å². The van der Waals surface area contributed by atoms with Crippen molar-refractivity contribution in [1.82, 2.24) is 25.4 Å². The number of hydrogen-bond acceptors (Lipinski definition) is 8. The SMILES string of the molecule is CC1(C)CCC2(CC1)N([C@H](c1ccccc1)[C@@H](O)c1ccccc1)[C@@H](C(=O)N[C@H]1CC[C@H](c3nnco3)CC1)[C@H](c1ccnc(Cl)c1F)C21C(=O)Nc2cc(Cl)ccc21. The summed E-state index contributed by atoms with van der Waals surface area (Å²) >= 11 is 13.2. The van der Waals surface area contributed by atoms with Gasteiger partial charge in [-0.15, -0.1) is 10.2 Å². The zero-order chi connectivity index (χ0) is 41.1. The molecule has 5 aromatic rings. The highest BCUT2D eigenvalue weighted by atomic mass is 35.5. The number of pyridine rings is 1. The molecule has 0 radical (unpaired) electrons. The maximum Gasteiger partial charge on any atom is 0.238 e. The zero-order valence-electron chi connectivity index (χ0n) is 33.0. The first kappa shape index (κ1) is 39.8. The van der Waals surface area contributed by atoms with E-state index in [-0.39, 0.29) is 39.9 Å². The predicted molar refractivity (Wildman–Crippen MR) is 222 cm³/mol. The molecule has 1 unspecified atom stereocenters. The van der Waals surface area contributed by atoms with Crippen LogP contribution in [0.4, 0.5) is 10.1 Å². The average Bonchev–Trinajstić information content (AvgIpc) is 3.94. The van der Waals surface area contributed by atoms with E-state index >= 15 is 14.0 Å². The van der Waals surface area contributed by atoms with Crippen LogP contribution >= 0.6 is 23.2 Å². The van der Waals surface area contributed by atoms with Gasteiger partial charge >= 0.3 is 0 Å². The molecular weight excluding hydrogens is 790 g/mol. The van der Waals surface area contributed by atoms with Gasteiger partial charge in [0.25, 0.3) is 0 Å². The van der Waals surface area contributed by atoms with Crippen molar-refractivity contribution in [1.29, 1.82) is 0 Å². The Morgan fingerprint density at radius 2 is 1.63 bits per heavy atom. The zero-order valence-corrected chi connectivity index (χ0v) is 34.5. The number of carbonyl (C=O) groups is 2. The Kier molecular flexibility index (Phi) is 10.4. The van der Waals surface area contributed by atoms with E-state index in [0.717, 1.165) is 18.4 Å². The number of halogens is 3. The van der Waals surface area contributed by atoms with Crippen LogP contribution in [0, 0.1) is 11.2 Å².